The number of benzene rings is 2. The van der Waals surface area contributed by atoms with Crippen LogP contribution in [0.5, 0.6) is 0 Å². The highest BCUT2D eigenvalue weighted by Gasteiger charge is 2.16. The molecular formula is C15H13Cl2NO2. The Hall–Kier alpha value is -1.55. The summed E-state index contributed by atoms with van der Waals surface area (Å²) in [6.45, 7) is 1.68. The summed E-state index contributed by atoms with van der Waals surface area (Å²) in [6, 6.07) is 13.7. The molecule has 2 aromatic rings. The Morgan fingerprint density at radius 1 is 1.00 bits per heavy atom. The van der Waals surface area contributed by atoms with Gasteiger partial charge in [-0.25, -0.2) is 0 Å². The number of halogens is 2. The molecule has 0 heterocycles. The largest absolute Gasteiger partial charge is 0.291 e. The van der Waals surface area contributed by atoms with E-state index in [1.54, 1.807) is 55.5 Å². The Labute approximate surface area is 127 Å². The topological polar surface area (TPSA) is 38.3 Å². The summed E-state index contributed by atoms with van der Waals surface area (Å²) >= 11 is 11.6. The number of Topliss-reactive ketones (excluding diaryl/α,β-unsaturated/α-hetero) is 1. The van der Waals surface area contributed by atoms with E-state index in [1.165, 1.54) is 0 Å². The first-order valence-electron chi connectivity index (χ1n) is 6.03. The van der Waals surface area contributed by atoms with Gasteiger partial charge in [-0.2, -0.15) is 0 Å². The third kappa shape index (κ3) is 3.97. The van der Waals surface area contributed by atoms with Crippen LogP contribution >= 0.6 is 23.2 Å². The van der Waals surface area contributed by atoms with Gasteiger partial charge in [0.05, 0.1) is 5.69 Å². The van der Waals surface area contributed by atoms with Crippen LogP contribution in [0.3, 0.4) is 0 Å². The van der Waals surface area contributed by atoms with Crippen molar-refractivity contribution in [3.8, 4) is 0 Å². The van der Waals surface area contributed by atoms with Crippen LogP contribution in [0.1, 0.15) is 17.3 Å². The van der Waals surface area contributed by atoms with Gasteiger partial charge in [0.25, 0.3) is 0 Å². The summed E-state index contributed by atoms with van der Waals surface area (Å²) in [5.41, 5.74) is 4.01. The van der Waals surface area contributed by atoms with Crippen molar-refractivity contribution >= 4 is 34.7 Å². The van der Waals surface area contributed by atoms with Crippen LogP contribution in [0, 0.1) is 0 Å². The highest BCUT2D eigenvalue weighted by molar-refractivity contribution is 6.30. The van der Waals surface area contributed by atoms with Crippen molar-refractivity contribution in [1.82, 2.24) is 0 Å². The van der Waals surface area contributed by atoms with Gasteiger partial charge < -0.3 is 0 Å². The predicted molar refractivity (Wildman–Crippen MR) is 81.4 cm³/mol. The number of hydrogen-bond acceptors (Lipinski definition) is 3. The van der Waals surface area contributed by atoms with E-state index in [0.29, 0.717) is 15.6 Å². The number of anilines is 1. The molecule has 0 saturated heterocycles. The van der Waals surface area contributed by atoms with E-state index in [4.69, 9.17) is 28.0 Å². The second kappa shape index (κ2) is 6.75. The van der Waals surface area contributed by atoms with Crippen molar-refractivity contribution in [3.63, 3.8) is 0 Å². The molecule has 0 fully saturated rings. The van der Waals surface area contributed by atoms with Gasteiger partial charge >= 0.3 is 0 Å². The molecule has 5 heteroatoms. The van der Waals surface area contributed by atoms with Gasteiger partial charge in [-0.15, -0.1) is 0 Å². The van der Waals surface area contributed by atoms with Gasteiger partial charge in [-0.3, -0.25) is 15.1 Å². The van der Waals surface area contributed by atoms with E-state index in [1.807, 2.05) is 0 Å². The standard InChI is InChI=1S/C15H13Cl2NO2/c1-10(15(19)11-2-4-12(16)5-3-11)20-18-14-8-6-13(17)7-9-14/h2-10,18H,1H3/t10-/m0/s1. The molecule has 0 spiro atoms. The maximum atomic E-state index is 12.1. The number of nitrogens with one attached hydrogen (secondary N) is 1. The summed E-state index contributed by atoms with van der Waals surface area (Å²) in [6.07, 6.45) is -0.619. The maximum absolute atomic E-state index is 12.1. The van der Waals surface area contributed by atoms with Crippen LogP contribution in [0.4, 0.5) is 5.69 Å². The summed E-state index contributed by atoms with van der Waals surface area (Å²) in [5, 5.41) is 1.23. The van der Waals surface area contributed by atoms with Crippen LogP contribution in [0.25, 0.3) is 0 Å². The Bertz CT molecular complexity index is 582. The van der Waals surface area contributed by atoms with Crippen LogP contribution in [-0.4, -0.2) is 11.9 Å². The molecule has 0 bridgehead atoms. The molecule has 1 N–H and O–H groups in total. The minimum atomic E-state index is -0.619. The Balaban J connectivity index is 1.94. The third-order valence-corrected chi connectivity index (χ3v) is 3.20. The molecule has 0 aliphatic heterocycles. The number of rotatable bonds is 5. The first-order chi connectivity index (χ1) is 9.56. The van der Waals surface area contributed by atoms with Crippen LogP contribution in [0.15, 0.2) is 48.5 Å². The monoisotopic (exact) mass is 309 g/mol. The Morgan fingerprint density at radius 3 is 2.05 bits per heavy atom. The molecule has 3 nitrogen and oxygen atoms in total. The van der Waals surface area contributed by atoms with E-state index >= 15 is 0 Å². The molecule has 0 unspecified atom stereocenters. The van der Waals surface area contributed by atoms with Gasteiger partial charge in [0.2, 0.25) is 0 Å². The minimum absolute atomic E-state index is 0.122. The smallest absolute Gasteiger partial charge is 0.193 e. The molecule has 0 amide bonds. The molecule has 0 saturated carbocycles. The zero-order chi connectivity index (χ0) is 14.5. The predicted octanol–water partition coefficient (Wildman–Crippen LogP) is 4.61. The van der Waals surface area contributed by atoms with E-state index < -0.39 is 6.10 Å². The lowest BCUT2D eigenvalue weighted by Gasteiger charge is -2.13. The molecule has 0 aliphatic carbocycles. The van der Waals surface area contributed by atoms with E-state index in [2.05, 4.69) is 5.48 Å². The average molecular weight is 310 g/mol. The molecule has 0 aromatic heterocycles. The molecule has 1 atom stereocenters. The highest BCUT2D eigenvalue weighted by atomic mass is 35.5. The van der Waals surface area contributed by atoms with Crippen molar-refractivity contribution in [3.05, 3.63) is 64.1 Å². The zero-order valence-corrected chi connectivity index (χ0v) is 12.3. The number of hydrogen-bond donors (Lipinski definition) is 1. The van der Waals surface area contributed by atoms with Crippen molar-refractivity contribution < 1.29 is 9.63 Å². The van der Waals surface area contributed by atoms with E-state index in [9.17, 15) is 4.79 Å². The summed E-state index contributed by atoms with van der Waals surface area (Å²) in [7, 11) is 0. The fraction of sp³-hybridized carbons (Fsp3) is 0.133. The van der Waals surface area contributed by atoms with Gasteiger partial charge in [0, 0.05) is 15.6 Å². The van der Waals surface area contributed by atoms with Crippen molar-refractivity contribution in [2.75, 3.05) is 5.48 Å². The zero-order valence-electron chi connectivity index (χ0n) is 10.8. The van der Waals surface area contributed by atoms with Crippen molar-refractivity contribution in [2.24, 2.45) is 0 Å². The van der Waals surface area contributed by atoms with Gasteiger partial charge in [-0.1, -0.05) is 23.2 Å². The van der Waals surface area contributed by atoms with Gasteiger partial charge in [0.15, 0.2) is 5.78 Å². The van der Waals surface area contributed by atoms with Crippen LogP contribution in [0.2, 0.25) is 10.0 Å². The molecule has 20 heavy (non-hydrogen) atoms. The Kier molecular flexibility index (Phi) is 5.01. The van der Waals surface area contributed by atoms with E-state index in [-0.39, 0.29) is 5.78 Å². The first-order valence-corrected chi connectivity index (χ1v) is 6.79. The second-order valence-electron chi connectivity index (χ2n) is 4.24. The normalized spacial score (nSPS) is 11.9. The van der Waals surface area contributed by atoms with Crippen molar-refractivity contribution in [2.45, 2.75) is 13.0 Å². The second-order valence-corrected chi connectivity index (χ2v) is 5.11. The number of carbonyl (C=O) groups excluding carboxylic acids is 1. The maximum Gasteiger partial charge on any atom is 0.193 e. The summed E-state index contributed by atoms with van der Waals surface area (Å²) < 4.78 is 0. The third-order valence-electron chi connectivity index (χ3n) is 2.70. The number of ketones is 1. The molecule has 104 valence electrons. The summed E-state index contributed by atoms with van der Waals surface area (Å²) in [5.74, 6) is -0.122. The molecule has 0 aliphatic rings. The number of carbonyl (C=O) groups is 1. The Morgan fingerprint density at radius 2 is 1.50 bits per heavy atom. The highest BCUT2D eigenvalue weighted by Crippen LogP contribution is 2.15. The molecule has 2 rings (SSSR count). The van der Waals surface area contributed by atoms with Crippen LogP contribution in [-0.2, 0) is 4.84 Å². The lowest BCUT2D eigenvalue weighted by Crippen LogP contribution is -2.23. The van der Waals surface area contributed by atoms with Crippen LogP contribution < -0.4 is 5.48 Å². The first kappa shape index (κ1) is 14.9. The molecule has 0 radical (unpaired) electrons. The lowest BCUT2D eigenvalue weighted by molar-refractivity contribution is 0.0648. The fourth-order valence-corrected chi connectivity index (χ4v) is 1.83. The lowest BCUT2D eigenvalue weighted by atomic mass is 10.1. The van der Waals surface area contributed by atoms with E-state index in [0.717, 1.165) is 5.69 Å². The fourth-order valence-electron chi connectivity index (χ4n) is 1.58. The van der Waals surface area contributed by atoms with Gasteiger partial charge in [0.1, 0.15) is 6.10 Å². The van der Waals surface area contributed by atoms with Crippen molar-refractivity contribution in [1.29, 1.82) is 0 Å². The molecular weight excluding hydrogens is 297 g/mol. The summed E-state index contributed by atoms with van der Waals surface area (Å²) in [4.78, 5) is 17.4. The minimum Gasteiger partial charge on any atom is -0.291 e. The molecule has 2 aromatic carbocycles. The quantitative estimate of drug-likeness (QED) is 0.647. The van der Waals surface area contributed by atoms with Gasteiger partial charge in [-0.05, 0) is 55.5 Å². The average Bonchev–Trinajstić information content (AvgIpc) is 2.46. The SMILES string of the molecule is C[C@H](ONc1ccc(Cl)cc1)C(=O)c1ccc(Cl)cc1.